The van der Waals surface area contributed by atoms with E-state index in [0.717, 1.165) is 5.56 Å². The summed E-state index contributed by atoms with van der Waals surface area (Å²) in [5, 5.41) is 52.4. The number of aliphatic carboxylic acids is 1. The Morgan fingerprint density at radius 2 is 1.87 bits per heavy atom. The van der Waals surface area contributed by atoms with E-state index in [-0.39, 0.29) is 35.4 Å². The highest BCUT2D eigenvalue weighted by Gasteiger charge is 2.23. The van der Waals surface area contributed by atoms with Crippen LogP contribution >= 0.6 is 0 Å². The van der Waals surface area contributed by atoms with Gasteiger partial charge in [0.05, 0.1) is 5.56 Å². The van der Waals surface area contributed by atoms with Gasteiger partial charge in [0.15, 0.2) is 11.5 Å². The predicted molar refractivity (Wildman–Crippen MR) is 121 cm³/mol. The standard InChI is InChI=1S/C22H30N4O5/c1-10(2)16-13-8-11(3)12(4)18(27)17(13)14(19(28)20(16)29)9-26-22(24)25-7-5-6-15(23)21(30)31/h8-10,15,27-29H,5-7,23H2,1-4H3,(H2,24,25)(H,30,31)/b26-9-/t15-/m0/s1. The van der Waals surface area contributed by atoms with Crippen molar-refractivity contribution >= 4 is 28.9 Å². The first kappa shape index (κ1) is 23.9. The maximum absolute atomic E-state index is 10.8. The number of aliphatic imine (C=N–C) groups is 1. The molecule has 31 heavy (non-hydrogen) atoms. The Kier molecular flexibility index (Phi) is 7.46. The van der Waals surface area contributed by atoms with E-state index < -0.39 is 17.8 Å². The highest BCUT2D eigenvalue weighted by Crippen LogP contribution is 2.47. The Hall–Kier alpha value is -3.33. The molecule has 2 aromatic rings. The minimum absolute atomic E-state index is 0.0178. The lowest BCUT2D eigenvalue weighted by Crippen LogP contribution is -2.31. The number of hydrogen-bond acceptors (Lipinski definition) is 6. The van der Waals surface area contributed by atoms with Crippen molar-refractivity contribution in [1.82, 2.24) is 5.32 Å². The zero-order valence-corrected chi connectivity index (χ0v) is 18.2. The van der Waals surface area contributed by atoms with Crippen LogP contribution < -0.4 is 11.1 Å². The summed E-state index contributed by atoms with van der Waals surface area (Å²) in [6.07, 6.45) is 1.90. The van der Waals surface area contributed by atoms with Gasteiger partial charge in [-0.3, -0.25) is 10.2 Å². The van der Waals surface area contributed by atoms with Crippen LogP contribution in [-0.2, 0) is 4.79 Å². The molecule has 1 atom stereocenters. The van der Waals surface area contributed by atoms with Gasteiger partial charge in [-0.1, -0.05) is 19.9 Å². The summed E-state index contributed by atoms with van der Waals surface area (Å²) in [5.41, 5.74) is 7.55. The van der Waals surface area contributed by atoms with Gasteiger partial charge in [0.25, 0.3) is 0 Å². The lowest BCUT2D eigenvalue weighted by Gasteiger charge is -2.19. The summed E-state index contributed by atoms with van der Waals surface area (Å²) in [7, 11) is 0. The van der Waals surface area contributed by atoms with Crippen LogP contribution in [0.25, 0.3) is 10.8 Å². The van der Waals surface area contributed by atoms with Crippen LogP contribution in [0.1, 0.15) is 54.9 Å². The number of phenolic OH excluding ortho intramolecular Hbond substituents is 3. The number of aryl methyl sites for hydroxylation is 1. The number of nitrogens with two attached hydrogens (primary N) is 1. The molecule has 0 spiro atoms. The molecule has 0 saturated heterocycles. The fraction of sp³-hybridized carbons (Fsp3) is 0.409. The van der Waals surface area contributed by atoms with Crippen molar-refractivity contribution in [2.75, 3.05) is 6.54 Å². The lowest BCUT2D eigenvalue weighted by atomic mass is 9.88. The third-order valence-corrected chi connectivity index (χ3v) is 5.31. The summed E-state index contributed by atoms with van der Waals surface area (Å²) >= 11 is 0. The van der Waals surface area contributed by atoms with Crippen molar-refractivity contribution < 1.29 is 25.2 Å². The fourth-order valence-corrected chi connectivity index (χ4v) is 3.42. The normalized spacial score (nSPS) is 12.6. The number of carbonyl (C=O) groups is 1. The van der Waals surface area contributed by atoms with Gasteiger partial charge in [-0.15, -0.1) is 0 Å². The smallest absolute Gasteiger partial charge is 0.320 e. The van der Waals surface area contributed by atoms with E-state index in [0.29, 0.717) is 34.9 Å². The van der Waals surface area contributed by atoms with Crippen LogP contribution in [0, 0.1) is 19.3 Å². The Balaban J connectivity index is 2.38. The first-order chi connectivity index (χ1) is 14.5. The highest BCUT2D eigenvalue weighted by molar-refractivity contribution is 6.10. The fourth-order valence-electron chi connectivity index (χ4n) is 3.42. The molecule has 9 nitrogen and oxygen atoms in total. The molecule has 0 bridgehead atoms. The first-order valence-electron chi connectivity index (χ1n) is 10.0. The van der Waals surface area contributed by atoms with Gasteiger partial charge in [-0.05, 0) is 49.1 Å². The minimum Gasteiger partial charge on any atom is -0.507 e. The molecule has 0 fully saturated rings. The third kappa shape index (κ3) is 5.05. The molecule has 0 aliphatic carbocycles. The minimum atomic E-state index is -1.08. The van der Waals surface area contributed by atoms with E-state index in [9.17, 15) is 20.1 Å². The second-order valence-corrected chi connectivity index (χ2v) is 7.89. The van der Waals surface area contributed by atoms with Crippen LogP contribution in [0.15, 0.2) is 11.1 Å². The molecule has 0 aliphatic heterocycles. The quantitative estimate of drug-likeness (QED) is 0.153. The van der Waals surface area contributed by atoms with Crippen molar-refractivity contribution in [3.63, 3.8) is 0 Å². The summed E-state index contributed by atoms with van der Waals surface area (Å²) in [6, 6.07) is 0.894. The van der Waals surface area contributed by atoms with Crippen LogP contribution in [-0.4, -0.2) is 51.2 Å². The number of nitrogens with one attached hydrogen (secondary N) is 2. The number of benzene rings is 2. The Morgan fingerprint density at radius 3 is 2.45 bits per heavy atom. The second kappa shape index (κ2) is 9.65. The summed E-state index contributed by atoms with van der Waals surface area (Å²) in [4.78, 5) is 14.7. The molecule has 8 N–H and O–H groups in total. The van der Waals surface area contributed by atoms with E-state index >= 15 is 0 Å². The molecule has 0 heterocycles. The SMILES string of the molecule is Cc1cc2c(C(C)C)c(O)c(O)c(/C=N\C(=N)NCCC[C@H](N)C(=O)O)c2c(O)c1C. The lowest BCUT2D eigenvalue weighted by molar-refractivity contribution is -0.138. The summed E-state index contributed by atoms with van der Waals surface area (Å²) in [6.45, 7) is 7.67. The van der Waals surface area contributed by atoms with Crippen molar-refractivity contribution in [3.8, 4) is 17.2 Å². The van der Waals surface area contributed by atoms with Crippen molar-refractivity contribution in [1.29, 1.82) is 5.41 Å². The van der Waals surface area contributed by atoms with Gasteiger partial charge in [-0.25, -0.2) is 4.99 Å². The van der Waals surface area contributed by atoms with E-state index in [1.807, 2.05) is 26.8 Å². The van der Waals surface area contributed by atoms with E-state index in [4.69, 9.17) is 16.2 Å². The maximum atomic E-state index is 10.8. The Labute approximate surface area is 180 Å². The zero-order valence-electron chi connectivity index (χ0n) is 18.2. The van der Waals surface area contributed by atoms with Crippen molar-refractivity contribution in [2.24, 2.45) is 10.7 Å². The molecule has 9 heteroatoms. The number of fused-ring (bicyclic) bond motifs is 1. The number of carboxylic acids is 1. The van der Waals surface area contributed by atoms with Crippen LogP contribution in [0.4, 0.5) is 0 Å². The van der Waals surface area contributed by atoms with Crippen LogP contribution in [0.3, 0.4) is 0 Å². The van der Waals surface area contributed by atoms with Gasteiger partial charge in [0, 0.05) is 23.7 Å². The summed E-state index contributed by atoms with van der Waals surface area (Å²) < 4.78 is 0. The first-order valence-corrected chi connectivity index (χ1v) is 10.0. The van der Waals surface area contributed by atoms with Crippen molar-refractivity contribution in [3.05, 3.63) is 28.3 Å². The topological polar surface area (TPSA) is 172 Å². The molecule has 0 aromatic heterocycles. The maximum Gasteiger partial charge on any atom is 0.320 e. The molecule has 0 radical (unpaired) electrons. The van der Waals surface area contributed by atoms with Gasteiger partial charge in [-0.2, -0.15) is 0 Å². The monoisotopic (exact) mass is 430 g/mol. The molecular weight excluding hydrogens is 400 g/mol. The van der Waals surface area contributed by atoms with E-state index in [1.54, 1.807) is 6.92 Å². The highest BCUT2D eigenvalue weighted by atomic mass is 16.4. The molecule has 168 valence electrons. The molecule has 0 saturated carbocycles. The average Bonchev–Trinajstić information content (AvgIpc) is 2.69. The molecule has 2 aromatic carbocycles. The Morgan fingerprint density at radius 1 is 1.23 bits per heavy atom. The van der Waals surface area contributed by atoms with Gasteiger partial charge >= 0.3 is 5.97 Å². The number of guanidine groups is 1. The van der Waals surface area contributed by atoms with Gasteiger partial charge in [0.2, 0.25) is 5.96 Å². The van der Waals surface area contributed by atoms with Crippen LogP contribution in [0.2, 0.25) is 0 Å². The number of nitrogens with zero attached hydrogens (tertiary/aromatic N) is 1. The van der Waals surface area contributed by atoms with Crippen molar-refractivity contribution in [2.45, 2.75) is 52.5 Å². The molecule has 0 aliphatic rings. The number of carboxylic acid groups (broad SMARTS) is 1. The molecule has 2 rings (SSSR count). The molecular formula is C22H30N4O5. The van der Waals surface area contributed by atoms with Gasteiger partial charge < -0.3 is 31.5 Å². The second-order valence-electron chi connectivity index (χ2n) is 7.89. The zero-order chi connectivity index (χ0) is 23.5. The van der Waals surface area contributed by atoms with E-state index in [2.05, 4.69) is 10.3 Å². The average molecular weight is 431 g/mol. The van der Waals surface area contributed by atoms with Gasteiger partial charge in [0.1, 0.15) is 11.8 Å². The number of phenols is 3. The van der Waals surface area contributed by atoms with Crippen LogP contribution in [0.5, 0.6) is 17.2 Å². The summed E-state index contributed by atoms with van der Waals surface area (Å²) in [5.74, 6) is -2.13. The third-order valence-electron chi connectivity index (χ3n) is 5.31. The predicted octanol–water partition coefficient (Wildman–Crippen LogP) is 2.83. The number of aromatic hydroxyl groups is 3. The largest absolute Gasteiger partial charge is 0.507 e. The molecule has 0 amide bonds. The number of rotatable bonds is 7. The molecule has 0 unspecified atom stereocenters. The van der Waals surface area contributed by atoms with E-state index in [1.165, 1.54) is 6.21 Å². The Bertz CT molecular complexity index is 1050. The number of hydrogen-bond donors (Lipinski definition) is 7.